The molecule has 0 aromatic carbocycles. The predicted octanol–water partition coefficient (Wildman–Crippen LogP) is 14.9. The minimum atomic E-state index is -0.302. The normalized spacial score (nSPS) is 29.9. The first kappa shape index (κ1) is 44.9. The maximum atomic E-state index is 12.8. The zero-order chi connectivity index (χ0) is 38.8. The maximum Gasteiger partial charge on any atom is 0.407 e. The fourth-order valence-corrected chi connectivity index (χ4v) is 11.9. The van der Waals surface area contributed by atoms with Crippen LogP contribution in [0.2, 0.25) is 0 Å². The molecule has 0 aromatic heterocycles. The lowest BCUT2D eigenvalue weighted by atomic mass is 9.47. The Bertz CT molecular complexity index is 1210. The number of allylic oxidation sites excluding steroid dienone is 5. The second kappa shape index (κ2) is 23.4. The summed E-state index contributed by atoms with van der Waals surface area (Å²) in [6.45, 7) is 15.3. The fraction of sp³-hybridized carbons (Fsp3) is 0.840. The molecule has 4 rings (SSSR count). The van der Waals surface area contributed by atoms with Crippen LogP contribution in [0.1, 0.15) is 210 Å². The third-order valence-corrected chi connectivity index (χ3v) is 15.1. The number of unbranched alkanes of at least 4 members (excludes halogenated alkanes) is 9. The summed E-state index contributed by atoms with van der Waals surface area (Å²) in [6.07, 6.45) is 42.1. The van der Waals surface area contributed by atoms with Crippen LogP contribution in [-0.2, 0) is 9.53 Å². The minimum Gasteiger partial charge on any atom is -0.446 e. The maximum absolute atomic E-state index is 12.8. The summed E-state index contributed by atoms with van der Waals surface area (Å²) in [4.78, 5) is 25.2. The van der Waals surface area contributed by atoms with Crippen molar-refractivity contribution in [2.75, 3.05) is 6.54 Å². The average Bonchev–Trinajstić information content (AvgIpc) is 3.50. The molecule has 0 spiro atoms. The molecule has 310 valence electrons. The van der Waals surface area contributed by atoms with Crippen LogP contribution in [0.5, 0.6) is 0 Å². The van der Waals surface area contributed by atoms with E-state index in [1.54, 1.807) is 5.57 Å². The van der Waals surface area contributed by atoms with Gasteiger partial charge in [0.25, 0.3) is 0 Å². The van der Waals surface area contributed by atoms with Gasteiger partial charge < -0.3 is 10.1 Å². The topological polar surface area (TPSA) is 55.4 Å². The molecular weight excluding hydrogens is 663 g/mol. The van der Waals surface area contributed by atoms with Gasteiger partial charge in [0.1, 0.15) is 11.9 Å². The van der Waals surface area contributed by atoms with Gasteiger partial charge in [-0.1, -0.05) is 135 Å². The Morgan fingerprint density at radius 3 is 2.26 bits per heavy atom. The van der Waals surface area contributed by atoms with Crippen LogP contribution < -0.4 is 5.32 Å². The van der Waals surface area contributed by atoms with Crippen molar-refractivity contribution in [1.82, 2.24) is 5.32 Å². The molecule has 0 bridgehead atoms. The van der Waals surface area contributed by atoms with E-state index in [2.05, 4.69) is 77.2 Å². The largest absolute Gasteiger partial charge is 0.446 e. The SMILES string of the molecule is CCCCC/C=C\C/C=C\CCCCCCCCC(=O)CCCNC(=O)O[C@H]1CC[C@@]2(C)C(=CCC3C2CC[C@@]2(C)C3CC[C@@H]2[C@H](C)CCCC(C)C)C1.[HH]. The molecule has 3 fully saturated rings. The van der Waals surface area contributed by atoms with Gasteiger partial charge in [-0.15, -0.1) is 0 Å². The Balaban J connectivity index is 0.00000812. The first-order chi connectivity index (χ1) is 26.1. The first-order valence-corrected chi connectivity index (χ1v) is 23.5. The van der Waals surface area contributed by atoms with Crippen LogP contribution in [0.4, 0.5) is 4.79 Å². The van der Waals surface area contributed by atoms with E-state index in [0.29, 0.717) is 37.0 Å². The van der Waals surface area contributed by atoms with Crippen molar-refractivity contribution in [2.45, 2.75) is 215 Å². The Kier molecular flexibility index (Phi) is 19.4. The molecule has 4 heteroatoms. The number of Topliss-reactive ketones (excluding diaryl/α,β-unsaturated/α-hetero) is 1. The number of hydrogen-bond acceptors (Lipinski definition) is 3. The number of carbonyl (C=O) groups is 2. The quantitative estimate of drug-likeness (QED) is 0.0747. The van der Waals surface area contributed by atoms with E-state index in [1.165, 1.54) is 109 Å². The average molecular weight is 750 g/mol. The van der Waals surface area contributed by atoms with Gasteiger partial charge in [0.05, 0.1) is 0 Å². The van der Waals surface area contributed by atoms with Crippen molar-refractivity contribution in [3.05, 3.63) is 36.0 Å². The summed E-state index contributed by atoms with van der Waals surface area (Å²) in [5, 5.41) is 2.96. The molecule has 1 amide bonds. The predicted molar refractivity (Wildman–Crippen MR) is 232 cm³/mol. The molecule has 0 aromatic rings. The number of ether oxygens (including phenoxy) is 1. The lowest BCUT2D eigenvalue weighted by Crippen LogP contribution is -2.51. The van der Waals surface area contributed by atoms with Crippen molar-refractivity contribution < 1.29 is 15.8 Å². The summed E-state index contributed by atoms with van der Waals surface area (Å²) in [5.74, 6) is 5.39. The van der Waals surface area contributed by atoms with Crippen LogP contribution in [0, 0.1) is 46.3 Å². The van der Waals surface area contributed by atoms with Crippen molar-refractivity contribution in [3.8, 4) is 0 Å². The van der Waals surface area contributed by atoms with Crippen LogP contribution in [0.15, 0.2) is 36.0 Å². The molecule has 1 N–H and O–H groups in total. The number of ketones is 1. The Hall–Kier alpha value is -1.84. The van der Waals surface area contributed by atoms with Gasteiger partial charge in [-0.05, 0) is 136 Å². The Morgan fingerprint density at radius 1 is 0.815 bits per heavy atom. The second-order valence-electron chi connectivity index (χ2n) is 19.5. The molecule has 0 heterocycles. The van der Waals surface area contributed by atoms with E-state index in [9.17, 15) is 9.59 Å². The van der Waals surface area contributed by atoms with Crippen LogP contribution in [0.25, 0.3) is 0 Å². The Morgan fingerprint density at radius 2 is 1.52 bits per heavy atom. The highest BCUT2D eigenvalue weighted by molar-refractivity contribution is 5.78. The third-order valence-electron chi connectivity index (χ3n) is 15.1. The van der Waals surface area contributed by atoms with Crippen molar-refractivity contribution >= 4 is 11.9 Å². The van der Waals surface area contributed by atoms with Crippen LogP contribution in [0.3, 0.4) is 0 Å². The number of rotatable bonds is 25. The zero-order valence-electron chi connectivity index (χ0n) is 36.2. The lowest BCUT2D eigenvalue weighted by molar-refractivity contribution is -0.119. The minimum absolute atomic E-state index is 0. The number of carbonyl (C=O) groups excluding carboxylic acids is 2. The van der Waals surface area contributed by atoms with Gasteiger partial charge >= 0.3 is 6.09 Å². The first-order valence-electron chi connectivity index (χ1n) is 23.5. The molecule has 0 aliphatic heterocycles. The van der Waals surface area contributed by atoms with Crippen LogP contribution in [-0.4, -0.2) is 24.5 Å². The molecule has 3 saturated carbocycles. The molecule has 3 unspecified atom stereocenters. The number of amides is 1. The van der Waals surface area contributed by atoms with Gasteiger partial charge in [-0.2, -0.15) is 0 Å². The molecule has 54 heavy (non-hydrogen) atoms. The number of alkyl carbamates (subject to hydrolysis) is 1. The van der Waals surface area contributed by atoms with Gasteiger partial charge in [-0.3, -0.25) is 4.79 Å². The second-order valence-corrected chi connectivity index (χ2v) is 19.5. The highest BCUT2D eigenvalue weighted by atomic mass is 16.6. The summed E-state index contributed by atoms with van der Waals surface area (Å²) in [5.41, 5.74) is 2.36. The standard InChI is InChI=1S/C50H85NO3.H2/c1-7-8-9-10-11-12-13-14-15-16-17-18-19-20-21-22-27-42(52)28-24-37-51-48(53)54-43-33-35-49(5)41(38-43)29-30-44-46-32-31-45(40(4)26-23-25-39(2)3)50(46,6)36-34-47(44)49;/h11-12,14-15,29,39-40,43-47H,7-10,13,16-28,30-38H2,1-6H3,(H,51,53);1H/b12-11-,15-14-;/t40-,43+,44?,45-,46?,47?,49+,50-;/m1./s1. The van der Waals surface area contributed by atoms with E-state index < -0.39 is 0 Å². The van der Waals surface area contributed by atoms with Gasteiger partial charge in [-0.25, -0.2) is 4.79 Å². The zero-order valence-corrected chi connectivity index (χ0v) is 36.2. The fourth-order valence-electron chi connectivity index (χ4n) is 11.9. The summed E-state index contributed by atoms with van der Waals surface area (Å²) in [7, 11) is 0. The number of hydrogen-bond donors (Lipinski definition) is 1. The van der Waals surface area contributed by atoms with E-state index in [0.717, 1.165) is 74.0 Å². The van der Waals surface area contributed by atoms with Gasteiger partial charge in [0, 0.05) is 27.2 Å². The monoisotopic (exact) mass is 750 g/mol. The smallest absolute Gasteiger partial charge is 0.407 e. The van der Waals surface area contributed by atoms with Crippen molar-refractivity contribution in [2.24, 2.45) is 46.3 Å². The molecule has 4 nitrogen and oxygen atoms in total. The lowest BCUT2D eigenvalue weighted by Gasteiger charge is -2.58. The van der Waals surface area contributed by atoms with E-state index >= 15 is 0 Å². The molecule has 8 atom stereocenters. The summed E-state index contributed by atoms with van der Waals surface area (Å²) >= 11 is 0. The molecule has 0 saturated heterocycles. The number of nitrogens with one attached hydrogen (secondary N) is 1. The Labute approximate surface area is 335 Å². The molecule has 4 aliphatic carbocycles. The summed E-state index contributed by atoms with van der Waals surface area (Å²) in [6, 6.07) is 0. The molecule has 4 aliphatic rings. The number of fused-ring (bicyclic) bond motifs is 5. The van der Waals surface area contributed by atoms with E-state index in [4.69, 9.17) is 4.74 Å². The van der Waals surface area contributed by atoms with Gasteiger partial charge in [0.2, 0.25) is 0 Å². The van der Waals surface area contributed by atoms with Crippen molar-refractivity contribution in [3.63, 3.8) is 0 Å². The van der Waals surface area contributed by atoms with Crippen molar-refractivity contribution in [1.29, 1.82) is 0 Å². The van der Waals surface area contributed by atoms with E-state index in [1.807, 2.05) is 0 Å². The highest BCUT2D eigenvalue weighted by Crippen LogP contribution is 2.67. The van der Waals surface area contributed by atoms with Gasteiger partial charge in [0.15, 0.2) is 0 Å². The van der Waals surface area contributed by atoms with E-state index in [-0.39, 0.29) is 19.0 Å². The highest BCUT2D eigenvalue weighted by Gasteiger charge is 2.59. The van der Waals surface area contributed by atoms with Crippen LogP contribution >= 0.6 is 0 Å². The molecule has 0 radical (unpaired) electrons. The third kappa shape index (κ3) is 13.4. The molecular formula is C50H87NO3. The summed E-state index contributed by atoms with van der Waals surface area (Å²) < 4.78 is 5.98.